The molecule has 0 aliphatic carbocycles. The summed E-state index contributed by atoms with van der Waals surface area (Å²) in [4.78, 5) is 21.1. The van der Waals surface area contributed by atoms with Gasteiger partial charge in [0.2, 0.25) is 5.91 Å². The summed E-state index contributed by atoms with van der Waals surface area (Å²) >= 11 is 0. The van der Waals surface area contributed by atoms with Crippen LogP contribution in [0.1, 0.15) is 17.3 Å². The molecule has 0 fully saturated rings. The number of aromatic hydroxyl groups is 1. The van der Waals surface area contributed by atoms with E-state index in [-0.39, 0.29) is 46.8 Å². The molecule has 0 atom stereocenters. The van der Waals surface area contributed by atoms with Crippen LogP contribution in [0, 0.1) is 0 Å². The number of aromatic carboxylic acids is 1. The predicted molar refractivity (Wildman–Crippen MR) is 46.7 cm³/mol. The van der Waals surface area contributed by atoms with Gasteiger partial charge in [-0.05, 0) is 18.2 Å². The second-order valence-corrected chi connectivity index (χ2v) is 2.70. The van der Waals surface area contributed by atoms with Crippen molar-refractivity contribution in [2.75, 3.05) is 5.32 Å². The molecular formula is C9H8NNaO4. The summed E-state index contributed by atoms with van der Waals surface area (Å²) in [7, 11) is 0. The first-order valence-electron chi connectivity index (χ1n) is 3.82. The van der Waals surface area contributed by atoms with Crippen LogP contribution in [0.2, 0.25) is 0 Å². The van der Waals surface area contributed by atoms with E-state index in [9.17, 15) is 14.7 Å². The third kappa shape index (κ3) is 3.91. The van der Waals surface area contributed by atoms with Gasteiger partial charge >= 0.3 is 29.6 Å². The molecule has 0 bridgehead atoms. The number of phenols is 1. The largest absolute Gasteiger partial charge is 1.00 e. The average molecular weight is 217 g/mol. The first-order chi connectivity index (χ1) is 6.50. The molecule has 0 saturated carbocycles. The Bertz CT molecular complexity index is 392. The fourth-order valence-corrected chi connectivity index (χ4v) is 0.981. The SMILES string of the molecule is CC(=O)Nc1ccc(O)c(C(=O)[O-])c1.[Na+]. The Kier molecular flexibility index (Phi) is 5.35. The summed E-state index contributed by atoms with van der Waals surface area (Å²) in [5, 5.41) is 22.0. The van der Waals surface area contributed by atoms with Gasteiger partial charge < -0.3 is 20.3 Å². The van der Waals surface area contributed by atoms with Crippen molar-refractivity contribution < 1.29 is 49.4 Å². The average Bonchev–Trinajstić information content (AvgIpc) is 2.07. The van der Waals surface area contributed by atoms with Gasteiger partial charge in [0.25, 0.3) is 0 Å². The molecule has 1 aromatic carbocycles. The van der Waals surface area contributed by atoms with E-state index in [0.29, 0.717) is 5.69 Å². The van der Waals surface area contributed by atoms with Crippen molar-refractivity contribution in [2.24, 2.45) is 0 Å². The van der Waals surface area contributed by atoms with Gasteiger partial charge in [-0.2, -0.15) is 0 Å². The fourth-order valence-electron chi connectivity index (χ4n) is 0.981. The smallest absolute Gasteiger partial charge is 0.545 e. The molecule has 74 valence electrons. The summed E-state index contributed by atoms with van der Waals surface area (Å²) in [5.74, 6) is -2.20. The Labute approximate surface area is 108 Å². The number of benzene rings is 1. The molecule has 0 unspecified atom stereocenters. The van der Waals surface area contributed by atoms with Crippen molar-refractivity contribution >= 4 is 17.6 Å². The molecule has 0 aromatic heterocycles. The Morgan fingerprint density at radius 1 is 1.40 bits per heavy atom. The summed E-state index contributed by atoms with van der Waals surface area (Å²) in [6.45, 7) is 1.30. The molecule has 15 heavy (non-hydrogen) atoms. The third-order valence-corrected chi connectivity index (χ3v) is 1.54. The van der Waals surface area contributed by atoms with E-state index in [0.717, 1.165) is 6.07 Å². The van der Waals surface area contributed by atoms with E-state index in [4.69, 9.17) is 5.11 Å². The summed E-state index contributed by atoms with van der Waals surface area (Å²) in [6.07, 6.45) is 0. The zero-order valence-electron chi connectivity index (χ0n) is 8.40. The number of nitrogens with one attached hydrogen (secondary N) is 1. The number of hydrogen-bond acceptors (Lipinski definition) is 4. The molecule has 0 aliphatic rings. The van der Waals surface area contributed by atoms with Gasteiger partial charge in [-0.15, -0.1) is 0 Å². The van der Waals surface area contributed by atoms with E-state index < -0.39 is 5.97 Å². The number of hydrogen-bond donors (Lipinski definition) is 2. The normalized spacial score (nSPS) is 8.87. The van der Waals surface area contributed by atoms with Crippen molar-refractivity contribution in [1.29, 1.82) is 0 Å². The van der Waals surface area contributed by atoms with Crippen molar-refractivity contribution in [3.05, 3.63) is 23.8 Å². The van der Waals surface area contributed by atoms with Crippen molar-refractivity contribution in [2.45, 2.75) is 6.92 Å². The molecule has 2 N–H and O–H groups in total. The van der Waals surface area contributed by atoms with Crippen LogP contribution in [0.3, 0.4) is 0 Å². The second kappa shape index (κ2) is 5.75. The van der Waals surface area contributed by atoms with E-state index >= 15 is 0 Å². The monoisotopic (exact) mass is 217 g/mol. The maximum atomic E-state index is 10.6. The van der Waals surface area contributed by atoms with Crippen molar-refractivity contribution in [1.82, 2.24) is 0 Å². The quantitative estimate of drug-likeness (QED) is 0.401. The molecule has 1 amide bonds. The van der Waals surface area contributed by atoms with E-state index in [1.54, 1.807) is 0 Å². The van der Waals surface area contributed by atoms with Crippen LogP contribution >= 0.6 is 0 Å². The van der Waals surface area contributed by atoms with Gasteiger partial charge in [0.1, 0.15) is 5.75 Å². The van der Waals surface area contributed by atoms with Gasteiger partial charge in [-0.3, -0.25) is 4.79 Å². The molecule has 1 aromatic rings. The van der Waals surface area contributed by atoms with Crippen molar-refractivity contribution in [3.8, 4) is 5.75 Å². The van der Waals surface area contributed by atoms with Gasteiger partial charge in [-0.1, -0.05) is 0 Å². The fraction of sp³-hybridized carbons (Fsp3) is 0.111. The van der Waals surface area contributed by atoms with Crippen LogP contribution in [0.25, 0.3) is 0 Å². The van der Waals surface area contributed by atoms with Crippen LogP contribution < -0.4 is 40.0 Å². The van der Waals surface area contributed by atoms with Crippen LogP contribution in [-0.2, 0) is 4.79 Å². The molecule has 1 rings (SSSR count). The van der Waals surface area contributed by atoms with Gasteiger partial charge in [-0.25, -0.2) is 0 Å². The topological polar surface area (TPSA) is 89.5 Å². The Morgan fingerprint density at radius 2 is 2.00 bits per heavy atom. The molecule has 0 spiro atoms. The molecule has 0 heterocycles. The van der Waals surface area contributed by atoms with E-state index in [1.807, 2.05) is 0 Å². The van der Waals surface area contributed by atoms with E-state index in [2.05, 4.69) is 5.32 Å². The maximum Gasteiger partial charge on any atom is 1.00 e. The number of rotatable bonds is 2. The van der Waals surface area contributed by atoms with Crippen LogP contribution in [-0.4, -0.2) is 17.0 Å². The Hall–Kier alpha value is -1.04. The molecule has 5 nitrogen and oxygen atoms in total. The number of carbonyl (C=O) groups is 2. The summed E-state index contributed by atoms with van der Waals surface area (Å²) in [5.41, 5.74) is -0.0502. The zero-order valence-corrected chi connectivity index (χ0v) is 10.4. The number of carboxylic acids is 1. The summed E-state index contributed by atoms with van der Waals surface area (Å²) in [6, 6.07) is 3.70. The number of amides is 1. The molecule has 6 heteroatoms. The maximum absolute atomic E-state index is 10.6. The minimum Gasteiger partial charge on any atom is -0.545 e. The van der Waals surface area contributed by atoms with Crippen LogP contribution in [0.5, 0.6) is 5.75 Å². The van der Waals surface area contributed by atoms with Crippen molar-refractivity contribution in [3.63, 3.8) is 0 Å². The minimum atomic E-state index is -1.49. The molecule has 0 saturated heterocycles. The molecule has 0 radical (unpaired) electrons. The second-order valence-electron chi connectivity index (χ2n) is 2.70. The van der Waals surface area contributed by atoms with Crippen LogP contribution in [0.4, 0.5) is 5.69 Å². The summed E-state index contributed by atoms with van der Waals surface area (Å²) < 4.78 is 0. The van der Waals surface area contributed by atoms with Gasteiger partial charge in [0.05, 0.1) is 5.97 Å². The van der Waals surface area contributed by atoms with E-state index in [1.165, 1.54) is 19.1 Å². The van der Waals surface area contributed by atoms with Gasteiger partial charge in [0.15, 0.2) is 0 Å². The number of carbonyl (C=O) groups excluding carboxylic acids is 2. The van der Waals surface area contributed by atoms with Crippen LogP contribution in [0.15, 0.2) is 18.2 Å². The first-order valence-corrected chi connectivity index (χ1v) is 3.82. The molecular weight excluding hydrogens is 209 g/mol. The Balaban J connectivity index is 0.00000196. The number of anilines is 1. The number of carboxylic acid groups (broad SMARTS) is 1. The minimum absolute atomic E-state index is 0. The standard InChI is InChI=1S/C9H9NO4.Na/c1-5(11)10-6-2-3-8(12)7(4-6)9(13)14;/h2-4,12H,1H3,(H,10,11)(H,13,14);/q;+1/p-1. The van der Waals surface area contributed by atoms with Gasteiger partial charge in [0, 0.05) is 18.2 Å². The molecule has 0 aliphatic heterocycles. The zero-order chi connectivity index (χ0) is 10.7. The Morgan fingerprint density at radius 3 is 2.47 bits per heavy atom. The third-order valence-electron chi connectivity index (χ3n) is 1.54. The first kappa shape index (κ1) is 14.0. The predicted octanol–water partition coefficient (Wildman–Crippen LogP) is -3.28.